The van der Waals surface area contributed by atoms with Gasteiger partial charge in [0, 0.05) is 32.0 Å². The minimum absolute atomic E-state index is 0.0445. The number of amides is 1. The van der Waals surface area contributed by atoms with Gasteiger partial charge in [-0.3, -0.25) is 9.78 Å². The number of methoxy groups -OCH3 is 1. The lowest BCUT2D eigenvalue weighted by Gasteiger charge is -2.33. The van der Waals surface area contributed by atoms with Crippen LogP contribution in [0.15, 0.2) is 48.9 Å². The fraction of sp³-hybridized carbons (Fsp3) is 0.333. The molecular formula is C21H23N5O2. The van der Waals surface area contributed by atoms with E-state index in [0.29, 0.717) is 18.7 Å². The predicted octanol–water partition coefficient (Wildman–Crippen LogP) is 2.57. The van der Waals surface area contributed by atoms with Crippen molar-refractivity contribution in [3.05, 3.63) is 54.5 Å². The van der Waals surface area contributed by atoms with Crippen LogP contribution in [0.25, 0.3) is 11.2 Å². The van der Waals surface area contributed by atoms with Gasteiger partial charge in [0.05, 0.1) is 24.9 Å². The van der Waals surface area contributed by atoms with E-state index in [1.807, 2.05) is 36.5 Å². The van der Waals surface area contributed by atoms with Gasteiger partial charge in [0.1, 0.15) is 11.3 Å². The third-order valence-electron chi connectivity index (χ3n) is 5.07. The number of hydrogen-bond acceptors (Lipinski definition) is 6. The van der Waals surface area contributed by atoms with Gasteiger partial charge in [0.25, 0.3) is 0 Å². The Kier molecular flexibility index (Phi) is 5.32. The van der Waals surface area contributed by atoms with Crippen LogP contribution in [0.5, 0.6) is 5.75 Å². The average Bonchev–Trinajstić information content (AvgIpc) is 2.77. The van der Waals surface area contributed by atoms with Gasteiger partial charge in [-0.05, 0) is 36.6 Å². The summed E-state index contributed by atoms with van der Waals surface area (Å²) in [7, 11) is 1.64. The molecular weight excluding hydrogens is 354 g/mol. The third-order valence-corrected chi connectivity index (χ3v) is 5.07. The summed E-state index contributed by atoms with van der Waals surface area (Å²) in [5.74, 6) is 0.834. The lowest BCUT2D eigenvalue weighted by molar-refractivity contribution is -0.125. The Labute approximate surface area is 163 Å². The van der Waals surface area contributed by atoms with E-state index >= 15 is 0 Å². The van der Waals surface area contributed by atoms with E-state index < -0.39 is 0 Å². The molecule has 0 saturated carbocycles. The fourth-order valence-corrected chi connectivity index (χ4v) is 3.56. The molecule has 1 fully saturated rings. The van der Waals surface area contributed by atoms with Crippen LogP contribution >= 0.6 is 0 Å². The first kappa shape index (κ1) is 18.2. The van der Waals surface area contributed by atoms with E-state index in [4.69, 9.17) is 4.74 Å². The highest BCUT2D eigenvalue weighted by Gasteiger charge is 2.26. The molecule has 0 bridgehead atoms. The molecule has 1 saturated heterocycles. The van der Waals surface area contributed by atoms with Crippen LogP contribution in [0, 0.1) is 5.92 Å². The maximum atomic E-state index is 12.7. The zero-order valence-electron chi connectivity index (χ0n) is 15.8. The first-order valence-electron chi connectivity index (χ1n) is 9.45. The molecule has 28 heavy (non-hydrogen) atoms. The zero-order chi connectivity index (χ0) is 19.3. The Morgan fingerprint density at radius 3 is 3.04 bits per heavy atom. The number of carbonyl (C=O) groups excluding carboxylic acids is 1. The molecule has 2 aromatic heterocycles. The molecule has 1 amide bonds. The molecule has 7 heteroatoms. The standard InChI is InChI=1S/C21H23N5O2/c1-28-18-6-2-4-15(10-18)12-25-21(27)16-5-3-9-26(14-16)17-11-19-20(24-13-17)23-8-7-22-19/h2,4,6-8,10-11,13,16H,3,5,9,12,14H2,1H3,(H,25,27)/t16-/m0/s1. The molecule has 3 aromatic rings. The Morgan fingerprint density at radius 1 is 1.25 bits per heavy atom. The number of rotatable bonds is 5. The lowest BCUT2D eigenvalue weighted by Crippen LogP contribution is -2.43. The van der Waals surface area contributed by atoms with Gasteiger partial charge in [-0.15, -0.1) is 0 Å². The molecule has 7 nitrogen and oxygen atoms in total. The quantitative estimate of drug-likeness (QED) is 0.736. The summed E-state index contributed by atoms with van der Waals surface area (Å²) >= 11 is 0. The van der Waals surface area contributed by atoms with Gasteiger partial charge in [0.2, 0.25) is 5.91 Å². The molecule has 0 aliphatic carbocycles. The third kappa shape index (κ3) is 4.03. The molecule has 1 aromatic carbocycles. The van der Waals surface area contributed by atoms with E-state index in [1.54, 1.807) is 19.5 Å². The molecule has 144 valence electrons. The number of piperidine rings is 1. The molecule has 0 spiro atoms. The van der Waals surface area contributed by atoms with Gasteiger partial charge in [-0.2, -0.15) is 0 Å². The number of nitrogens with one attached hydrogen (secondary N) is 1. The molecule has 4 rings (SSSR count). The monoisotopic (exact) mass is 377 g/mol. The summed E-state index contributed by atoms with van der Waals surface area (Å²) in [4.78, 5) is 27.8. The minimum Gasteiger partial charge on any atom is -0.497 e. The summed E-state index contributed by atoms with van der Waals surface area (Å²) in [6.45, 7) is 2.09. The second-order valence-corrected chi connectivity index (χ2v) is 6.95. The van der Waals surface area contributed by atoms with E-state index in [-0.39, 0.29) is 11.8 Å². The normalized spacial score (nSPS) is 16.8. The maximum Gasteiger partial charge on any atom is 0.225 e. The number of aromatic nitrogens is 3. The number of anilines is 1. The van der Waals surface area contributed by atoms with Gasteiger partial charge >= 0.3 is 0 Å². The first-order valence-corrected chi connectivity index (χ1v) is 9.45. The van der Waals surface area contributed by atoms with Crippen molar-refractivity contribution in [1.82, 2.24) is 20.3 Å². The van der Waals surface area contributed by atoms with Gasteiger partial charge in [-0.25, -0.2) is 9.97 Å². The highest BCUT2D eigenvalue weighted by atomic mass is 16.5. The fourth-order valence-electron chi connectivity index (χ4n) is 3.56. The number of hydrogen-bond donors (Lipinski definition) is 1. The number of ether oxygens (including phenoxy) is 1. The van der Waals surface area contributed by atoms with Crippen molar-refractivity contribution >= 4 is 22.8 Å². The van der Waals surface area contributed by atoms with E-state index in [9.17, 15) is 4.79 Å². The van der Waals surface area contributed by atoms with Crippen LogP contribution in [0.3, 0.4) is 0 Å². The van der Waals surface area contributed by atoms with Crippen LogP contribution in [0.2, 0.25) is 0 Å². The van der Waals surface area contributed by atoms with Crippen molar-refractivity contribution in [3.8, 4) is 5.75 Å². The first-order chi connectivity index (χ1) is 13.7. The molecule has 1 N–H and O–H groups in total. The van der Waals surface area contributed by atoms with Crippen molar-refractivity contribution in [1.29, 1.82) is 0 Å². The summed E-state index contributed by atoms with van der Waals surface area (Å²) < 4.78 is 5.24. The van der Waals surface area contributed by atoms with Crippen molar-refractivity contribution in [2.24, 2.45) is 5.92 Å². The minimum atomic E-state index is -0.0445. The van der Waals surface area contributed by atoms with Gasteiger partial charge in [0.15, 0.2) is 5.65 Å². The Bertz CT molecular complexity index is 978. The molecule has 1 atom stereocenters. The van der Waals surface area contributed by atoms with Crippen molar-refractivity contribution in [3.63, 3.8) is 0 Å². The Balaban J connectivity index is 1.40. The lowest BCUT2D eigenvalue weighted by atomic mass is 9.96. The molecule has 0 radical (unpaired) electrons. The number of pyridine rings is 1. The summed E-state index contributed by atoms with van der Waals surface area (Å²) in [5, 5.41) is 3.06. The highest BCUT2D eigenvalue weighted by molar-refractivity contribution is 5.80. The van der Waals surface area contributed by atoms with E-state index in [1.165, 1.54) is 0 Å². The van der Waals surface area contributed by atoms with Crippen LogP contribution in [0.1, 0.15) is 18.4 Å². The molecule has 1 aliphatic heterocycles. The Hall–Kier alpha value is -3.22. The van der Waals surface area contributed by atoms with Gasteiger partial charge in [-0.1, -0.05) is 12.1 Å². The highest BCUT2D eigenvalue weighted by Crippen LogP contribution is 2.24. The smallest absolute Gasteiger partial charge is 0.225 e. The maximum absolute atomic E-state index is 12.7. The molecule has 1 aliphatic rings. The van der Waals surface area contributed by atoms with Crippen LogP contribution in [-0.4, -0.2) is 41.1 Å². The van der Waals surface area contributed by atoms with Crippen LogP contribution in [-0.2, 0) is 11.3 Å². The number of fused-ring (bicyclic) bond motifs is 1. The summed E-state index contributed by atoms with van der Waals surface area (Å²) in [5.41, 5.74) is 3.41. The molecule has 3 heterocycles. The average molecular weight is 377 g/mol. The van der Waals surface area contributed by atoms with Gasteiger partial charge < -0.3 is 15.0 Å². The largest absolute Gasteiger partial charge is 0.497 e. The second-order valence-electron chi connectivity index (χ2n) is 6.95. The van der Waals surface area contributed by atoms with E-state index in [0.717, 1.165) is 41.9 Å². The van der Waals surface area contributed by atoms with E-state index in [2.05, 4.69) is 25.2 Å². The second kappa shape index (κ2) is 8.21. The van der Waals surface area contributed by atoms with Crippen LogP contribution < -0.4 is 15.0 Å². The topological polar surface area (TPSA) is 80.2 Å². The Morgan fingerprint density at radius 2 is 2.14 bits per heavy atom. The SMILES string of the molecule is COc1cccc(CNC(=O)[C@H]2CCCN(c3cnc4nccnc4c3)C2)c1. The van der Waals surface area contributed by atoms with Crippen LogP contribution in [0.4, 0.5) is 5.69 Å². The number of carbonyl (C=O) groups is 1. The van der Waals surface area contributed by atoms with Crippen molar-refractivity contribution < 1.29 is 9.53 Å². The predicted molar refractivity (Wildman–Crippen MR) is 107 cm³/mol. The zero-order valence-corrected chi connectivity index (χ0v) is 15.8. The van der Waals surface area contributed by atoms with Crippen molar-refractivity contribution in [2.45, 2.75) is 19.4 Å². The number of benzene rings is 1. The summed E-state index contributed by atoms with van der Waals surface area (Å²) in [6.07, 6.45) is 6.97. The number of nitrogens with zero attached hydrogens (tertiary/aromatic N) is 4. The molecule has 0 unspecified atom stereocenters. The van der Waals surface area contributed by atoms with Crippen molar-refractivity contribution in [2.75, 3.05) is 25.1 Å². The summed E-state index contributed by atoms with van der Waals surface area (Å²) in [6, 6.07) is 9.74.